The highest BCUT2D eigenvalue weighted by Gasteiger charge is 2.17. The van der Waals surface area contributed by atoms with Crippen LogP contribution in [0.5, 0.6) is 11.5 Å². The largest absolute Gasteiger partial charge is 0.454 e. The van der Waals surface area contributed by atoms with Crippen molar-refractivity contribution in [3.63, 3.8) is 0 Å². The van der Waals surface area contributed by atoms with Gasteiger partial charge in [0.05, 0.1) is 0 Å². The summed E-state index contributed by atoms with van der Waals surface area (Å²) in [6.07, 6.45) is 1.68. The molecule has 1 aliphatic heterocycles. The number of rotatable bonds is 5. The van der Waals surface area contributed by atoms with E-state index < -0.39 is 11.8 Å². The summed E-state index contributed by atoms with van der Waals surface area (Å²) in [7, 11) is 0. The molecule has 1 aliphatic rings. The van der Waals surface area contributed by atoms with Gasteiger partial charge in [0, 0.05) is 18.2 Å². The number of unbranched alkanes of at least 4 members (excludes halogenated alkanes) is 1. The minimum Gasteiger partial charge on any atom is -0.454 e. The van der Waals surface area contributed by atoms with E-state index in [2.05, 4.69) is 16.0 Å². The molecule has 9 heteroatoms. The lowest BCUT2D eigenvalue weighted by molar-refractivity contribution is 0.0842. The third-order valence-electron chi connectivity index (χ3n) is 3.75. The number of aryl methyl sites for hydroxylation is 1. The van der Waals surface area contributed by atoms with Gasteiger partial charge in [-0.25, -0.2) is 4.68 Å². The maximum Gasteiger partial charge on any atom is 0.290 e. The summed E-state index contributed by atoms with van der Waals surface area (Å²) in [6, 6.07) is 7.28. The lowest BCUT2D eigenvalue weighted by Crippen LogP contribution is -2.42. The number of carbonyl (C=O) groups is 2. The van der Waals surface area contributed by atoms with Gasteiger partial charge in [-0.2, -0.15) is 5.10 Å². The van der Waals surface area contributed by atoms with Crippen LogP contribution in [0.2, 0.25) is 0 Å². The van der Waals surface area contributed by atoms with Gasteiger partial charge in [-0.05, 0) is 30.7 Å². The van der Waals surface area contributed by atoms with Crippen LogP contribution in [-0.2, 0) is 6.54 Å². The van der Waals surface area contributed by atoms with Gasteiger partial charge in [0.15, 0.2) is 17.2 Å². The quantitative estimate of drug-likeness (QED) is 0.767. The van der Waals surface area contributed by atoms with Crippen molar-refractivity contribution in [2.75, 3.05) is 6.79 Å². The molecule has 0 spiro atoms. The number of amides is 2. The molecule has 0 saturated heterocycles. The molecule has 2 heterocycles. The van der Waals surface area contributed by atoms with Gasteiger partial charge in [0.2, 0.25) is 6.79 Å². The Morgan fingerprint density at radius 1 is 1.12 bits per heavy atom. The number of nitrogens with one attached hydrogen (secondary N) is 2. The number of nitrogens with zero attached hydrogens (tertiary/aromatic N) is 2. The van der Waals surface area contributed by atoms with Crippen LogP contribution < -0.4 is 25.9 Å². The van der Waals surface area contributed by atoms with Crippen molar-refractivity contribution in [3.05, 3.63) is 51.9 Å². The van der Waals surface area contributed by atoms with Crippen LogP contribution in [0.1, 0.15) is 40.6 Å². The van der Waals surface area contributed by atoms with E-state index in [9.17, 15) is 14.4 Å². The van der Waals surface area contributed by atoms with E-state index in [0.29, 0.717) is 23.6 Å². The lowest BCUT2D eigenvalue weighted by atomic mass is 10.2. The highest BCUT2D eigenvalue weighted by atomic mass is 16.7. The molecule has 2 N–H and O–H groups in total. The predicted molar refractivity (Wildman–Crippen MR) is 90.9 cm³/mol. The Hall–Kier alpha value is -3.36. The third-order valence-corrected chi connectivity index (χ3v) is 3.75. The molecule has 0 fully saturated rings. The molecule has 0 aliphatic carbocycles. The Bertz CT molecular complexity index is 893. The summed E-state index contributed by atoms with van der Waals surface area (Å²) in [4.78, 5) is 36.0. The third kappa shape index (κ3) is 3.82. The molecule has 3 rings (SSSR count). The zero-order valence-corrected chi connectivity index (χ0v) is 14.2. The molecule has 26 heavy (non-hydrogen) atoms. The van der Waals surface area contributed by atoms with Crippen LogP contribution >= 0.6 is 0 Å². The molecule has 9 nitrogen and oxygen atoms in total. The van der Waals surface area contributed by atoms with Crippen molar-refractivity contribution >= 4 is 11.8 Å². The standard InChI is InChI=1S/C17H18N4O5/c1-2-3-8-21-15(22)7-5-12(20-21)17(24)19-18-16(23)11-4-6-13-14(9-11)26-10-25-13/h4-7,9H,2-3,8,10H2,1H3,(H,18,23)(H,19,24). The Kier molecular flexibility index (Phi) is 5.16. The number of hydrogen-bond acceptors (Lipinski definition) is 6. The minimum absolute atomic E-state index is 0.0340. The fourth-order valence-corrected chi connectivity index (χ4v) is 2.33. The average molecular weight is 358 g/mol. The number of benzene rings is 1. The molecule has 0 unspecified atom stereocenters. The first-order chi connectivity index (χ1) is 12.6. The first-order valence-electron chi connectivity index (χ1n) is 8.17. The molecule has 1 aromatic carbocycles. The second-order valence-electron chi connectivity index (χ2n) is 5.61. The van der Waals surface area contributed by atoms with E-state index in [4.69, 9.17) is 9.47 Å². The van der Waals surface area contributed by atoms with Crippen LogP contribution in [0.4, 0.5) is 0 Å². The average Bonchev–Trinajstić information content (AvgIpc) is 3.13. The van der Waals surface area contributed by atoms with Crippen LogP contribution in [0.15, 0.2) is 35.1 Å². The SMILES string of the molecule is CCCCn1nc(C(=O)NNC(=O)c2ccc3c(c2)OCO3)ccc1=O. The molecular weight excluding hydrogens is 340 g/mol. The van der Waals surface area contributed by atoms with E-state index in [1.165, 1.54) is 22.9 Å². The first-order valence-corrected chi connectivity index (χ1v) is 8.17. The Morgan fingerprint density at radius 2 is 1.88 bits per heavy atom. The van der Waals surface area contributed by atoms with Gasteiger partial charge in [-0.1, -0.05) is 13.3 Å². The highest BCUT2D eigenvalue weighted by Crippen LogP contribution is 2.32. The van der Waals surface area contributed by atoms with Crippen LogP contribution in [0, 0.1) is 0 Å². The monoisotopic (exact) mass is 358 g/mol. The number of hydrogen-bond donors (Lipinski definition) is 2. The van der Waals surface area contributed by atoms with Crippen LogP contribution in [0.25, 0.3) is 0 Å². The van der Waals surface area contributed by atoms with Crippen molar-refractivity contribution in [3.8, 4) is 11.5 Å². The number of hydrazine groups is 1. The van der Waals surface area contributed by atoms with E-state index >= 15 is 0 Å². The zero-order valence-electron chi connectivity index (χ0n) is 14.2. The second-order valence-corrected chi connectivity index (χ2v) is 5.61. The summed E-state index contributed by atoms with van der Waals surface area (Å²) in [5.74, 6) is -0.113. The maximum atomic E-state index is 12.2. The molecule has 2 aromatic rings. The summed E-state index contributed by atoms with van der Waals surface area (Å²) in [6.45, 7) is 2.53. The van der Waals surface area contributed by atoms with Gasteiger partial charge >= 0.3 is 0 Å². The second kappa shape index (κ2) is 7.68. The fraction of sp³-hybridized carbons (Fsp3) is 0.294. The van der Waals surface area contributed by atoms with Crippen molar-refractivity contribution < 1.29 is 19.1 Å². The van der Waals surface area contributed by atoms with E-state index in [-0.39, 0.29) is 18.0 Å². The van der Waals surface area contributed by atoms with Gasteiger partial charge < -0.3 is 9.47 Å². The molecular formula is C17H18N4O5. The van der Waals surface area contributed by atoms with Gasteiger partial charge in [-0.3, -0.25) is 25.2 Å². The highest BCUT2D eigenvalue weighted by molar-refractivity contribution is 5.98. The topological polar surface area (TPSA) is 112 Å². The molecule has 0 saturated carbocycles. The molecule has 1 aromatic heterocycles. The normalized spacial score (nSPS) is 11.9. The fourth-order valence-electron chi connectivity index (χ4n) is 2.33. The Morgan fingerprint density at radius 3 is 2.69 bits per heavy atom. The maximum absolute atomic E-state index is 12.2. The number of carbonyl (C=O) groups excluding carboxylic acids is 2. The molecule has 0 atom stereocenters. The zero-order chi connectivity index (χ0) is 18.5. The summed E-state index contributed by atoms with van der Waals surface area (Å²) in [5, 5.41) is 4.01. The first kappa shape index (κ1) is 17.5. The Labute approximate surface area is 148 Å². The van der Waals surface area contributed by atoms with Crippen molar-refractivity contribution in [2.24, 2.45) is 0 Å². The van der Waals surface area contributed by atoms with Crippen molar-refractivity contribution in [2.45, 2.75) is 26.3 Å². The van der Waals surface area contributed by atoms with E-state index in [0.717, 1.165) is 12.8 Å². The van der Waals surface area contributed by atoms with Gasteiger partial charge in [0.25, 0.3) is 17.4 Å². The van der Waals surface area contributed by atoms with Crippen LogP contribution in [0.3, 0.4) is 0 Å². The summed E-state index contributed by atoms with van der Waals surface area (Å²) >= 11 is 0. The van der Waals surface area contributed by atoms with Gasteiger partial charge in [-0.15, -0.1) is 0 Å². The summed E-state index contributed by atoms with van der Waals surface area (Å²) in [5.41, 5.74) is 4.64. The Balaban J connectivity index is 1.63. The molecule has 2 amide bonds. The summed E-state index contributed by atoms with van der Waals surface area (Å²) < 4.78 is 11.6. The smallest absolute Gasteiger partial charge is 0.290 e. The van der Waals surface area contributed by atoms with Gasteiger partial charge in [0.1, 0.15) is 0 Å². The lowest BCUT2D eigenvalue weighted by Gasteiger charge is -2.09. The number of fused-ring (bicyclic) bond motifs is 1. The van der Waals surface area contributed by atoms with Crippen molar-refractivity contribution in [1.29, 1.82) is 0 Å². The van der Waals surface area contributed by atoms with E-state index in [1.807, 2.05) is 6.92 Å². The number of ether oxygens (including phenoxy) is 2. The van der Waals surface area contributed by atoms with Crippen LogP contribution in [-0.4, -0.2) is 28.4 Å². The van der Waals surface area contributed by atoms with Crippen molar-refractivity contribution in [1.82, 2.24) is 20.6 Å². The predicted octanol–water partition coefficient (Wildman–Crippen LogP) is 0.847. The van der Waals surface area contributed by atoms with E-state index in [1.54, 1.807) is 12.1 Å². The number of aromatic nitrogens is 2. The minimum atomic E-state index is -0.621. The molecule has 0 radical (unpaired) electrons. The molecule has 136 valence electrons. The molecule has 0 bridgehead atoms.